The third-order valence-electron chi connectivity index (χ3n) is 8.36. The maximum atomic E-state index is 9.48. The van der Waals surface area contributed by atoms with E-state index in [9.17, 15) is 5.48 Å². The van der Waals surface area contributed by atoms with Gasteiger partial charge >= 0.3 is 0 Å². The van der Waals surface area contributed by atoms with Crippen molar-refractivity contribution in [1.82, 2.24) is 0 Å². The van der Waals surface area contributed by atoms with Crippen LogP contribution in [0.2, 0.25) is 0 Å². The fourth-order valence-electron chi connectivity index (χ4n) is 6.63. The topological polar surface area (TPSA) is 0 Å². The molecule has 0 nitrogen and oxygen atoms in total. The molecule has 0 aliphatic carbocycles. The average Bonchev–Trinajstić information content (AvgIpc) is 3.80. The lowest BCUT2D eigenvalue weighted by Crippen LogP contribution is -1.91. The Morgan fingerprint density at radius 3 is 1.68 bits per heavy atom. The number of fused-ring (bicyclic) bond motifs is 11. The summed E-state index contributed by atoms with van der Waals surface area (Å²) in [6, 6.07) is 13.9. The van der Waals surface area contributed by atoms with Gasteiger partial charge in [-0.1, -0.05) is 121 Å². The Kier molecular flexibility index (Phi) is 3.17. The summed E-state index contributed by atoms with van der Waals surface area (Å²) in [6.45, 7) is 0. The van der Waals surface area contributed by atoms with Gasteiger partial charge in [0.05, 0.1) is 17.8 Å². The van der Waals surface area contributed by atoms with E-state index in [0.717, 1.165) is 51.1 Å². The fourth-order valence-corrected chi connectivity index (χ4v) is 8.98. The highest BCUT2D eigenvalue weighted by Crippen LogP contribution is 2.51. The highest BCUT2D eigenvalue weighted by atomic mass is 32.1. The maximum absolute atomic E-state index is 9.48. The summed E-state index contributed by atoms with van der Waals surface area (Å²) in [7, 11) is 0. The van der Waals surface area contributed by atoms with Gasteiger partial charge in [0.15, 0.2) is 0 Å². The summed E-state index contributed by atoms with van der Waals surface area (Å²) < 4.78 is 120. The van der Waals surface area contributed by atoms with Crippen molar-refractivity contribution in [3.63, 3.8) is 0 Å². The Hall–Kier alpha value is -5.02. The van der Waals surface area contributed by atoms with Crippen LogP contribution in [0.3, 0.4) is 0 Å². The van der Waals surface area contributed by atoms with Crippen LogP contribution in [0.1, 0.15) is 17.8 Å². The number of benzene rings is 8. The molecule has 2 heteroatoms. The minimum atomic E-state index is -0.702. The van der Waals surface area contributed by atoms with E-state index in [-0.39, 0.29) is 32.7 Å². The lowest BCUT2D eigenvalue weighted by Gasteiger charge is -2.19. The molecule has 0 unspecified atom stereocenters. The van der Waals surface area contributed by atoms with E-state index in [1.807, 2.05) is 54.6 Å². The van der Waals surface area contributed by atoms with E-state index < -0.39 is 84.1 Å². The second-order valence-electron chi connectivity index (χ2n) is 10.6. The summed E-state index contributed by atoms with van der Waals surface area (Å²) in [4.78, 5) is 0. The van der Waals surface area contributed by atoms with Crippen molar-refractivity contribution in [2.24, 2.45) is 0 Å². The second kappa shape index (κ2) is 9.24. The molecule has 0 radical (unpaired) electrons. The standard InChI is InChI=1S/C42H24S2/c1-2-12-25(13-3-1)37-27-14-4-6-16-29(27)39(30-17-7-5-15-28(30)37)33-24-26-22-23-36-40(31-18-8-10-20-34(31)43-36)38(26)41-32-19-9-11-21-35(32)44-42(33)41/h1-24H/i1D,2D,3D,4D,5D,6D,7D,12D,13D,14D,15D,16D,17D. The molecule has 0 spiro atoms. The average molecular weight is 606 g/mol. The predicted molar refractivity (Wildman–Crippen MR) is 196 cm³/mol. The largest absolute Gasteiger partial charge is 0.135 e. The summed E-state index contributed by atoms with van der Waals surface area (Å²) in [6.07, 6.45) is 0. The van der Waals surface area contributed by atoms with Gasteiger partial charge < -0.3 is 0 Å². The monoisotopic (exact) mass is 605 g/mol. The number of hydrogen-bond donors (Lipinski definition) is 0. The molecule has 0 fully saturated rings. The molecule has 2 heterocycles. The molecule has 2 aromatic heterocycles. The highest BCUT2D eigenvalue weighted by molar-refractivity contribution is 7.27. The minimum Gasteiger partial charge on any atom is -0.135 e. The smallest absolute Gasteiger partial charge is 0.0629 e. The first-order valence-electron chi connectivity index (χ1n) is 20.5. The van der Waals surface area contributed by atoms with Gasteiger partial charge in [0, 0.05) is 51.3 Å². The van der Waals surface area contributed by atoms with Crippen molar-refractivity contribution in [2.75, 3.05) is 0 Å². The Labute approximate surface area is 280 Å². The van der Waals surface area contributed by atoms with Crippen LogP contribution in [0.5, 0.6) is 0 Å². The predicted octanol–water partition coefficient (Wildman–Crippen LogP) is 13.2. The summed E-state index contributed by atoms with van der Waals surface area (Å²) in [5.41, 5.74) is -0.131. The molecule has 0 saturated carbocycles. The molecular formula is C42H24S2. The molecule has 0 aliphatic heterocycles. The molecule has 204 valence electrons. The third-order valence-corrected chi connectivity index (χ3v) is 10.7. The van der Waals surface area contributed by atoms with E-state index in [4.69, 9.17) is 12.3 Å². The minimum absolute atomic E-state index is 0.0968. The van der Waals surface area contributed by atoms with E-state index in [1.54, 1.807) is 11.3 Å². The molecule has 0 aliphatic rings. The Bertz CT molecular complexity index is 3400. The molecule has 0 atom stereocenters. The van der Waals surface area contributed by atoms with Crippen LogP contribution in [-0.2, 0) is 0 Å². The first-order chi connectivity index (χ1) is 27.2. The van der Waals surface area contributed by atoms with E-state index >= 15 is 0 Å². The van der Waals surface area contributed by atoms with Crippen molar-refractivity contribution in [3.05, 3.63) is 145 Å². The molecule has 8 aromatic carbocycles. The lowest BCUT2D eigenvalue weighted by atomic mass is 9.85. The van der Waals surface area contributed by atoms with Gasteiger partial charge in [0.1, 0.15) is 0 Å². The Balaban J connectivity index is 1.55. The van der Waals surface area contributed by atoms with Crippen molar-refractivity contribution in [1.29, 1.82) is 0 Å². The van der Waals surface area contributed by atoms with Crippen LogP contribution in [-0.4, -0.2) is 0 Å². The highest BCUT2D eigenvalue weighted by Gasteiger charge is 2.22. The van der Waals surface area contributed by atoms with Gasteiger partial charge in [0.2, 0.25) is 0 Å². The zero-order valence-corrected chi connectivity index (χ0v) is 24.3. The third kappa shape index (κ3) is 3.33. The van der Waals surface area contributed by atoms with Gasteiger partial charge in [-0.2, -0.15) is 0 Å². The van der Waals surface area contributed by atoms with Crippen molar-refractivity contribution in [2.45, 2.75) is 0 Å². The van der Waals surface area contributed by atoms with Gasteiger partial charge in [-0.3, -0.25) is 0 Å². The zero-order chi connectivity index (χ0) is 40.1. The normalized spacial score (nSPS) is 16.2. The molecule has 0 amide bonds. The number of rotatable bonds is 2. The lowest BCUT2D eigenvalue weighted by molar-refractivity contribution is 1.67. The van der Waals surface area contributed by atoms with Crippen molar-refractivity contribution in [3.8, 4) is 22.3 Å². The van der Waals surface area contributed by atoms with Crippen LogP contribution in [0.4, 0.5) is 0 Å². The SMILES string of the molecule is [2H]c1c([2H])c([2H])c(-c2c3c([2H])c([2H])c([2H])c([2H])c3c(-c3cc4ccc5sc6ccccc6c5c4c4c3sc3ccccc34)c3c([2H])c([2H])c([2H])c([2H])c23)c([2H])c1[2H]. The first-order valence-corrected chi connectivity index (χ1v) is 15.6. The fraction of sp³-hybridized carbons (Fsp3) is 0. The van der Waals surface area contributed by atoms with Gasteiger partial charge in [-0.15, -0.1) is 22.7 Å². The van der Waals surface area contributed by atoms with E-state index in [2.05, 4.69) is 12.1 Å². The van der Waals surface area contributed by atoms with Gasteiger partial charge in [-0.05, 0) is 67.9 Å². The van der Waals surface area contributed by atoms with Crippen LogP contribution >= 0.6 is 22.7 Å². The van der Waals surface area contributed by atoms with Crippen LogP contribution in [0, 0.1) is 0 Å². The molecule has 10 aromatic rings. The quantitative estimate of drug-likeness (QED) is 0.172. The maximum Gasteiger partial charge on any atom is 0.0629 e. The molecule has 44 heavy (non-hydrogen) atoms. The second-order valence-corrected chi connectivity index (χ2v) is 12.7. The molecular weight excluding hydrogens is 569 g/mol. The molecule has 0 N–H and O–H groups in total. The number of hydrogen-bond acceptors (Lipinski definition) is 2. The Morgan fingerprint density at radius 1 is 0.432 bits per heavy atom. The summed E-state index contributed by atoms with van der Waals surface area (Å²) >= 11 is 3.15. The Morgan fingerprint density at radius 2 is 1.00 bits per heavy atom. The van der Waals surface area contributed by atoms with Crippen molar-refractivity contribution < 1.29 is 17.8 Å². The number of thiophene rings is 2. The van der Waals surface area contributed by atoms with Gasteiger partial charge in [0.25, 0.3) is 0 Å². The first kappa shape index (κ1) is 15.1. The molecule has 0 saturated heterocycles. The molecule has 10 rings (SSSR count). The zero-order valence-electron chi connectivity index (χ0n) is 35.7. The van der Waals surface area contributed by atoms with Gasteiger partial charge in [-0.25, -0.2) is 0 Å². The van der Waals surface area contributed by atoms with E-state index in [1.165, 1.54) is 11.3 Å². The summed E-state index contributed by atoms with van der Waals surface area (Å²) in [5.74, 6) is 0. The van der Waals surface area contributed by atoms with Crippen molar-refractivity contribution >= 4 is 95.3 Å². The van der Waals surface area contributed by atoms with Crippen LogP contribution in [0.15, 0.2) is 145 Å². The van der Waals surface area contributed by atoms with Crippen LogP contribution in [0.25, 0.3) is 94.9 Å². The molecule has 0 bridgehead atoms. The van der Waals surface area contributed by atoms with Crippen LogP contribution < -0.4 is 0 Å². The van der Waals surface area contributed by atoms with E-state index in [0.29, 0.717) is 5.56 Å². The summed E-state index contributed by atoms with van der Waals surface area (Å²) in [5, 5.41) is 5.11.